The third kappa shape index (κ3) is 5.06. The largest absolute Gasteiger partial charge is 0.362 e. The van der Waals surface area contributed by atoms with Gasteiger partial charge in [-0.25, -0.2) is 4.98 Å². The minimum absolute atomic E-state index is 0.217. The summed E-state index contributed by atoms with van der Waals surface area (Å²) >= 11 is 0. The van der Waals surface area contributed by atoms with Gasteiger partial charge in [0, 0.05) is 25.8 Å². The Morgan fingerprint density at radius 3 is 2.43 bits per heavy atom. The van der Waals surface area contributed by atoms with Gasteiger partial charge >= 0.3 is 0 Å². The third-order valence-corrected chi connectivity index (χ3v) is 2.69. The van der Waals surface area contributed by atoms with Crippen molar-refractivity contribution in [2.75, 3.05) is 19.0 Å². The quantitative estimate of drug-likeness (QED) is 0.874. The molecule has 21 heavy (non-hydrogen) atoms. The number of carbonyl (C=O) groups excluding carboxylic acids is 2. The molecule has 1 aromatic heterocycles. The van der Waals surface area contributed by atoms with Gasteiger partial charge in [0.25, 0.3) is 5.91 Å². The lowest BCUT2D eigenvalue weighted by Crippen LogP contribution is -2.50. The van der Waals surface area contributed by atoms with Crippen LogP contribution >= 0.6 is 0 Å². The van der Waals surface area contributed by atoms with E-state index in [2.05, 4.69) is 15.6 Å². The number of pyridine rings is 1. The highest BCUT2D eigenvalue weighted by Crippen LogP contribution is 2.14. The van der Waals surface area contributed by atoms with Gasteiger partial charge in [-0.05, 0) is 39.8 Å². The molecule has 0 saturated heterocycles. The number of nitrogens with zero attached hydrogens (tertiary/aromatic N) is 2. The molecule has 1 aromatic rings. The summed E-state index contributed by atoms with van der Waals surface area (Å²) in [5, 5.41) is 5.53. The molecule has 1 atom stereocenters. The monoisotopic (exact) mass is 292 g/mol. The van der Waals surface area contributed by atoms with E-state index in [1.165, 1.54) is 0 Å². The molecule has 0 aliphatic rings. The lowest BCUT2D eigenvalue weighted by molar-refractivity contribution is -0.124. The first-order valence-corrected chi connectivity index (χ1v) is 6.87. The van der Waals surface area contributed by atoms with E-state index in [0.717, 1.165) is 0 Å². The smallest absolute Gasteiger partial charge is 0.255 e. The standard InChI is InChI=1S/C15H24N4O2/c1-10(13(20)18-15(2,3)4)17-14(21)11-8-7-9-16-12(11)19(5)6/h7-10H,1-6H3,(H,17,21)(H,18,20)/t10-/m0/s1. The Bertz CT molecular complexity index is 521. The van der Waals surface area contributed by atoms with Gasteiger partial charge in [-0.1, -0.05) is 0 Å². The van der Waals surface area contributed by atoms with E-state index in [9.17, 15) is 9.59 Å². The first-order valence-electron chi connectivity index (χ1n) is 6.87. The molecule has 0 saturated carbocycles. The summed E-state index contributed by atoms with van der Waals surface area (Å²) in [4.78, 5) is 30.2. The Morgan fingerprint density at radius 1 is 1.29 bits per heavy atom. The fraction of sp³-hybridized carbons (Fsp3) is 0.533. The molecule has 116 valence electrons. The molecule has 1 heterocycles. The molecule has 2 N–H and O–H groups in total. The number of carbonyl (C=O) groups is 2. The number of aromatic nitrogens is 1. The number of hydrogen-bond donors (Lipinski definition) is 2. The normalized spacial score (nSPS) is 12.5. The van der Waals surface area contributed by atoms with Gasteiger partial charge in [-0.3, -0.25) is 9.59 Å². The van der Waals surface area contributed by atoms with Crippen LogP contribution < -0.4 is 15.5 Å². The van der Waals surface area contributed by atoms with E-state index in [4.69, 9.17) is 0 Å². The molecule has 0 aliphatic carbocycles. The molecule has 0 radical (unpaired) electrons. The van der Waals surface area contributed by atoms with Gasteiger partial charge in [0.1, 0.15) is 11.9 Å². The van der Waals surface area contributed by atoms with E-state index >= 15 is 0 Å². The summed E-state index contributed by atoms with van der Waals surface area (Å²) in [7, 11) is 3.63. The summed E-state index contributed by atoms with van der Waals surface area (Å²) < 4.78 is 0. The van der Waals surface area contributed by atoms with Gasteiger partial charge in [0.15, 0.2) is 0 Å². The molecule has 0 aliphatic heterocycles. The predicted molar refractivity (Wildman–Crippen MR) is 83.4 cm³/mol. The van der Waals surface area contributed by atoms with Gasteiger partial charge in [0.2, 0.25) is 5.91 Å². The summed E-state index contributed by atoms with van der Waals surface area (Å²) in [5.41, 5.74) is 0.108. The molecule has 1 rings (SSSR count). The van der Waals surface area contributed by atoms with E-state index in [0.29, 0.717) is 11.4 Å². The predicted octanol–water partition coefficient (Wildman–Crippen LogP) is 1.18. The maximum Gasteiger partial charge on any atom is 0.255 e. The number of hydrogen-bond acceptors (Lipinski definition) is 4. The molecule has 0 bridgehead atoms. The van der Waals surface area contributed by atoms with Crippen LogP contribution in [0.15, 0.2) is 18.3 Å². The van der Waals surface area contributed by atoms with Crippen LogP contribution in [-0.4, -0.2) is 42.5 Å². The Balaban J connectivity index is 2.80. The van der Waals surface area contributed by atoms with Crippen LogP contribution in [0, 0.1) is 0 Å². The molecular formula is C15H24N4O2. The summed E-state index contributed by atoms with van der Waals surface area (Å²) in [6, 6.07) is 2.76. The Morgan fingerprint density at radius 2 is 1.90 bits per heavy atom. The number of rotatable bonds is 4. The number of nitrogens with one attached hydrogen (secondary N) is 2. The lowest BCUT2D eigenvalue weighted by Gasteiger charge is -2.24. The highest BCUT2D eigenvalue weighted by atomic mass is 16.2. The van der Waals surface area contributed by atoms with E-state index < -0.39 is 6.04 Å². The van der Waals surface area contributed by atoms with Crippen LogP contribution in [0.5, 0.6) is 0 Å². The zero-order chi connectivity index (χ0) is 16.2. The minimum Gasteiger partial charge on any atom is -0.362 e. The molecular weight excluding hydrogens is 268 g/mol. The molecule has 0 unspecified atom stereocenters. The first-order chi connectivity index (χ1) is 9.61. The summed E-state index contributed by atoms with van der Waals surface area (Å²) in [6.45, 7) is 7.34. The van der Waals surface area contributed by atoms with Gasteiger partial charge < -0.3 is 15.5 Å². The number of amides is 2. The summed E-state index contributed by atoms with van der Waals surface area (Å²) in [5.74, 6) is 0.0351. The van der Waals surface area contributed by atoms with Crippen molar-refractivity contribution in [1.82, 2.24) is 15.6 Å². The molecule has 0 fully saturated rings. The minimum atomic E-state index is -0.619. The lowest BCUT2D eigenvalue weighted by atomic mass is 10.1. The maximum atomic E-state index is 12.3. The Hall–Kier alpha value is -2.11. The topological polar surface area (TPSA) is 74.3 Å². The second-order valence-corrected chi connectivity index (χ2v) is 6.20. The highest BCUT2D eigenvalue weighted by Gasteiger charge is 2.22. The van der Waals surface area contributed by atoms with Crippen molar-refractivity contribution < 1.29 is 9.59 Å². The molecule has 6 nitrogen and oxygen atoms in total. The van der Waals surface area contributed by atoms with E-state index in [1.54, 1.807) is 30.2 Å². The average molecular weight is 292 g/mol. The second-order valence-electron chi connectivity index (χ2n) is 6.20. The SMILES string of the molecule is C[C@H](NC(=O)c1cccnc1N(C)C)C(=O)NC(C)(C)C. The fourth-order valence-corrected chi connectivity index (χ4v) is 1.75. The van der Waals surface area contributed by atoms with Crippen molar-refractivity contribution >= 4 is 17.6 Å². The summed E-state index contributed by atoms with van der Waals surface area (Å²) in [6.07, 6.45) is 1.63. The zero-order valence-corrected chi connectivity index (χ0v) is 13.5. The van der Waals surface area contributed by atoms with Crippen molar-refractivity contribution in [3.05, 3.63) is 23.9 Å². The third-order valence-electron chi connectivity index (χ3n) is 2.69. The Kier molecular flexibility index (Phi) is 5.29. The molecule has 0 aromatic carbocycles. The maximum absolute atomic E-state index is 12.3. The van der Waals surface area contributed by atoms with Crippen molar-refractivity contribution in [3.8, 4) is 0 Å². The van der Waals surface area contributed by atoms with Gasteiger partial charge in [-0.15, -0.1) is 0 Å². The van der Waals surface area contributed by atoms with Gasteiger partial charge in [-0.2, -0.15) is 0 Å². The average Bonchev–Trinajstić information content (AvgIpc) is 2.36. The molecule has 6 heteroatoms. The van der Waals surface area contributed by atoms with Crippen molar-refractivity contribution in [1.29, 1.82) is 0 Å². The van der Waals surface area contributed by atoms with Crippen molar-refractivity contribution in [2.45, 2.75) is 39.3 Å². The van der Waals surface area contributed by atoms with E-state index in [1.807, 2.05) is 34.9 Å². The molecule has 0 spiro atoms. The van der Waals surface area contributed by atoms with Crippen LogP contribution in [0.2, 0.25) is 0 Å². The number of anilines is 1. The Labute approximate surface area is 125 Å². The zero-order valence-electron chi connectivity index (χ0n) is 13.5. The molecule has 2 amide bonds. The van der Waals surface area contributed by atoms with Crippen LogP contribution in [0.25, 0.3) is 0 Å². The highest BCUT2D eigenvalue weighted by molar-refractivity contribution is 6.01. The van der Waals surface area contributed by atoms with Crippen LogP contribution in [0.4, 0.5) is 5.82 Å². The van der Waals surface area contributed by atoms with Crippen LogP contribution in [0.3, 0.4) is 0 Å². The fourth-order valence-electron chi connectivity index (χ4n) is 1.75. The first kappa shape index (κ1) is 16.9. The van der Waals surface area contributed by atoms with Crippen molar-refractivity contribution in [3.63, 3.8) is 0 Å². The second kappa shape index (κ2) is 6.56. The van der Waals surface area contributed by atoms with E-state index in [-0.39, 0.29) is 17.4 Å². The van der Waals surface area contributed by atoms with Crippen LogP contribution in [0.1, 0.15) is 38.1 Å². The van der Waals surface area contributed by atoms with Gasteiger partial charge in [0.05, 0.1) is 5.56 Å². The van der Waals surface area contributed by atoms with Crippen molar-refractivity contribution in [2.24, 2.45) is 0 Å². The van der Waals surface area contributed by atoms with Crippen LogP contribution in [-0.2, 0) is 4.79 Å².